The lowest BCUT2D eigenvalue weighted by atomic mass is 10.1. The number of halogens is 1. The van der Waals surface area contributed by atoms with Crippen molar-refractivity contribution in [3.05, 3.63) is 34.5 Å². The number of nitrogens with one attached hydrogen (secondary N) is 1. The van der Waals surface area contributed by atoms with E-state index < -0.39 is 0 Å². The topological polar surface area (TPSA) is 47.6 Å². The van der Waals surface area contributed by atoms with Crippen LogP contribution >= 0.6 is 11.3 Å². The molecule has 1 aliphatic heterocycles. The molecule has 2 aromatic rings. The molecule has 1 N–H and O–H groups in total. The second-order valence-electron chi connectivity index (χ2n) is 5.99. The minimum Gasteiger partial charge on any atom is -0.379 e. The molecule has 1 amide bonds. The van der Waals surface area contributed by atoms with Crippen LogP contribution in [-0.2, 0) is 9.47 Å². The van der Waals surface area contributed by atoms with Gasteiger partial charge in [0.05, 0.1) is 17.6 Å². The van der Waals surface area contributed by atoms with Gasteiger partial charge < -0.3 is 14.8 Å². The number of fused-ring (bicyclic) bond motifs is 1. The summed E-state index contributed by atoms with van der Waals surface area (Å²) in [7, 11) is 0. The van der Waals surface area contributed by atoms with Crippen molar-refractivity contribution in [2.75, 3.05) is 26.4 Å². The lowest BCUT2D eigenvalue weighted by Gasteiger charge is -2.10. The zero-order chi connectivity index (χ0) is 16.9. The van der Waals surface area contributed by atoms with Crippen LogP contribution in [0.2, 0.25) is 0 Å². The fourth-order valence-corrected chi connectivity index (χ4v) is 4.06. The molecule has 4 nitrogen and oxygen atoms in total. The summed E-state index contributed by atoms with van der Waals surface area (Å²) >= 11 is 1.33. The van der Waals surface area contributed by atoms with Gasteiger partial charge in [0.15, 0.2) is 0 Å². The smallest absolute Gasteiger partial charge is 0.261 e. The number of carbonyl (C=O) groups is 1. The third kappa shape index (κ3) is 3.94. The Balaban J connectivity index is 1.45. The highest BCUT2D eigenvalue weighted by atomic mass is 32.1. The fourth-order valence-electron chi connectivity index (χ4n) is 2.92. The van der Waals surface area contributed by atoms with Gasteiger partial charge >= 0.3 is 0 Å². The van der Waals surface area contributed by atoms with Crippen LogP contribution in [0.15, 0.2) is 18.2 Å². The lowest BCUT2D eigenvalue weighted by molar-refractivity contribution is 0.0166. The largest absolute Gasteiger partial charge is 0.379 e. The molecule has 1 aliphatic rings. The van der Waals surface area contributed by atoms with E-state index in [-0.39, 0.29) is 17.8 Å². The summed E-state index contributed by atoms with van der Waals surface area (Å²) in [5, 5.41) is 3.44. The minimum absolute atomic E-state index is 0.146. The molecule has 0 aliphatic carbocycles. The van der Waals surface area contributed by atoms with E-state index in [1.54, 1.807) is 13.0 Å². The lowest BCUT2D eigenvalue weighted by Crippen LogP contribution is -2.25. The summed E-state index contributed by atoms with van der Waals surface area (Å²) < 4.78 is 25.7. The summed E-state index contributed by atoms with van der Waals surface area (Å²) in [6.07, 6.45) is 3.16. The maximum Gasteiger partial charge on any atom is 0.261 e. The summed E-state index contributed by atoms with van der Waals surface area (Å²) in [6.45, 7) is 4.39. The molecule has 1 unspecified atom stereocenters. The van der Waals surface area contributed by atoms with Crippen molar-refractivity contribution in [2.45, 2.75) is 32.3 Å². The van der Waals surface area contributed by atoms with Gasteiger partial charge in [-0.1, -0.05) is 6.07 Å². The number of thiophene rings is 1. The van der Waals surface area contributed by atoms with Crippen molar-refractivity contribution in [3.63, 3.8) is 0 Å². The predicted molar refractivity (Wildman–Crippen MR) is 93.3 cm³/mol. The highest BCUT2D eigenvalue weighted by molar-refractivity contribution is 7.21. The maximum atomic E-state index is 13.9. The fraction of sp³-hybridized carbons (Fsp3) is 0.500. The molecule has 1 saturated heterocycles. The molecule has 3 rings (SSSR count). The van der Waals surface area contributed by atoms with Crippen molar-refractivity contribution in [1.82, 2.24) is 5.32 Å². The summed E-state index contributed by atoms with van der Waals surface area (Å²) in [6, 6.07) is 4.93. The molecule has 1 fully saturated rings. The number of hydrogen-bond acceptors (Lipinski definition) is 4. The first-order chi connectivity index (χ1) is 11.7. The summed E-state index contributed by atoms with van der Waals surface area (Å²) in [4.78, 5) is 12.9. The van der Waals surface area contributed by atoms with Crippen LogP contribution in [0.5, 0.6) is 0 Å². The molecule has 1 aromatic heterocycles. The van der Waals surface area contributed by atoms with E-state index in [9.17, 15) is 9.18 Å². The molecule has 1 atom stereocenters. The Morgan fingerprint density at radius 2 is 2.38 bits per heavy atom. The Morgan fingerprint density at radius 3 is 3.12 bits per heavy atom. The first kappa shape index (κ1) is 17.3. The van der Waals surface area contributed by atoms with Crippen molar-refractivity contribution in [1.29, 1.82) is 0 Å². The second kappa shape index (κ2) is 8.05. The molecular formula is C18H22FNO3S. The Bertz CT molecular complexity index is 710. The minimum atomic E-state index is -0.275. The van der Waals surface area contributed by atoms with Gasteiger partial charge in [-0.05, 0) is 43.9 Å². The van der Waals surface area contributed by atoms with E-state index in [2.05, 4.69) is 5.32 Å². The zero-order valence-electron chi connectivity index (χ0n) is 13.8. The van der Waals surface area contributed by atoms with E-state index in [1.807, 2.05) is 6.07 Å². The third-order valence-electron chi connectivity index (χ3n) is 4.19. The van der Waals surface area contributed by atoms with Crippen LogP contribution in [0.1, 0.15) is 34.5 Å². The van der Waals surface area contributed by atoms with Crippen molar-refractivity contribution >= 4 is 27.3 Å². The van der Waals surface area contributed by atoms with E-state index >= 15 is 0 Å². The van der Waals surface area contributed by atoms with Crippen LogP contribution < -0.4 is 5.32 Å². The summed E-state index contributed by atoms with van der Waals surface area (Å²) in [5.41, 5.74) is 0.709. The number of ether oxygens (including phenoxy) is 2. The van der Waals surface area contributed by atoms with Crippen molar-refractivity contribution in [2.24, 2.45) is 0 Å². The highest BCUT2D eigenvalue weighted by Crippen LogP contribution is 2.32. The Hall–Kier alpha value is -1.50. The standard InChI is InChI=1S/C18H22FNO3S/c1-12-16-14(19)6-2-7-15(16)24-17(12)18(21)20-8-4-9-22-11-13-5-3-10-23-13/h2,6-7,13H,3-5,8-11H2,1H3,(H,20,21). The monoisotopic (exact) mass is 351 g/mol. The van der Waals surface area contributed by atoms with Crippen molar-refractivity contribution in [3.8, 4) is 0 Å². The SMILES string of the molecule is Cc1c(C(=O)NCCCOCC2CCCO2)sc2cccc(F)c12. The van der Waals surface area contributed by atoms with Crippen molar-refractivity contribution < 1.29 is 18.7 Å². The summed E-state index contributed by atoms with van der Waals surface area (Å²) in [5.74, 6) is -0.421. The number of aryl methyl sites for hydroxylation is 1. The number of carbonyl (C=O) groups excluding carboxylic acids is 1. The quantitative estimate of drug-likeness (QED) is 0.775. The first-order valence-corrected chi connectivity index (χ1v) is 9.13. The van der Waals surface area contributed by atoms with Crippen LogP contribution in [-0.4, -0.2) is 38.4 Å². The number of benzene rings is 1. The van der Waals surface area contributed by atoms with Crippen LogP contribution in [0.3, 0.4) is 0 Å². The van der Waals surface area contributed by atoms with Gasteiger partial charge in [0.2, 0.25) is 0 Å². The van der Waals surface area contributed by atoms with Gasteiger partial charge in [-0.15, -0.1) is 11.3 Å². The Morgan fingerprint density at radius 1 is 1.50 bits per heavy atom. The predicted octanol–water partition coefficient (Wildman–Crippen LogP) is 3.66. The first-order valence-electron chi connectivity index (χ1n) is 8.32. The molecule has 0 radical (unpaired) electrons. The zero-order valence-corrected chi connectivity index (χ0v) is 14.6. The number of rotatable bonds is 7. The van der Waals surface area contributed by atoms with Crippen LogP contribution in [0.25, 0.3) is 10.1 Å². The molecule has 0 saturated carbocycles. The van der Waals surface area contributed by atoms with Gasteiger partial charge in [-0.3, -0.25) is 4.79 Å². The normalized spacial score (nSPS) is 17.5. The van der Waals surface area contributed by atoms with Crippen LogP contribution in [0.4, 0.5) is 4.39 Å². The van der Waals surface area contributed by atoms with Gasteiger partial charge in [-0.25, -0.2) is 4.39 Å². The van der Waals surface area contributed by atoms with Gasteiger partial charge in [-0.2, -0.15) is 0 Å². The molecule has 1 aromatic carbocycles. The molecule has 2 heterocycles. The van der Waals surface area contributed by atoms with Gasteiger partial charge in [0.25, 0.3) is 5.91 Å². The van der Waals surface area contributed by atoms with Gasteiger partial charge in [0.1, 0.15) is 5.82 Å². The second-order valence-corrected chi connectivity index (χ2v) is 7.04. The highest BCUT2D eigenvalue weighted by Gasteiger charge is 2.17. The van der Waals surface area contributed by atoms with E-state index in [1.165, 1.54) is 17.4 Å². The molecule has 6 heteroatoms. The molecule has 24 heavy (non-hydrogen) atoms. The van der Waals surface area contributed by atoms with E-state index in [4.69, 9.17) is 9.47 Å². The number of amides is 1. The van der Waals surface area contributed by atoms with Crippen LogP contribution in [0, 0.1) is 12.7 Å². The Labute approximate surface area is 145 Å². The molecule has 0 spiro atoms. The maximum absolute atomic E-state index is 13.9. The van der Waals surface area contributed by atoms with E-state index in [0.717, 1.165) is 30.6 Å². The van der Waals surface area contributed by atoms with Gasteiger partial charge in [0, 0.05) is 29.8 Å². The number of hydrogen-bond donors (Lipinski definition) is 1. The molecular weight excluding hydrogens is 329 g/mol. The molecule has 130 valence electrons. The Kier molecular flexibility index (Phi) is 5.81. The van der Waals surface area contributed by atoms with E-state index in [0.29, 0.717) is 35.6 Å². The average Bonchev–Trinajstić information content (AvgIpc) is 3.19. The molecule has 0 bridgehead atoms. The average molecular weight is 351 g/mol. The third-order valence-corrected chi connectivity index (χ3v) is 5.44.